The van der Waals surface area contributed by atoms with Gasteiger partial charge in [-0.05, 0) is 31.9 Å². The Bertz CT molecular complexity index is 557. The zero-order chi connectivity index (χ0) is 14.6. The van der Waals surface area contributed by atoms with Crippen LogP contribution in [0, 0.1) is 0 Å². The Hall–Kier alpha value is -1.70. The van der Waals surface area contributed by atoms with Gasteiger partial charge < -0.3 is 10.6 Å². The van der Waals surface area contributed by atoms with E-state index in [0.29, 0.717) is 25.2 Å². The second-order valence-electron chi connectivity index (χ2n) is 4.73. The highest BCUT2D eigenvalue weighted by atomic mass is 32.2. The van der Waals surface area contributed by atoms with Crippen LogP contribution in [0.4, 0.5) is 5.82 Å². The van der Waals surface area contributed by atoms with E-state index in [9.17, 15) is 13.2 Å². The average molecular weight is 298 g/mol. The lowest BCUT2D eigenvalue weighted by Crippen LogP contribution is -2.32. The molecule has 0 atom stereocenters. The molecule has 1 fully saturated rings. The van der Waals surface area contributed by atoms with E-state index in [2.05, 4.69) is 20.8 Å². The molecule has 1 aromatic heterocycles. The zero-order valence-electron chi connectivity index (χ0n) is 11.3. The van der Waals surface area contributed by atoms with E-state index < -0.39 is 9.84 Å². The van der Waals surface area contributed by atoms with Gasteiger partial charge in [0, 0.05) is 12.6 Å². The Labute approximate surface area is 118 Å². The van der Waals surface area contributed by atoms with Crippen molar-refractivity contribution in [1.29, 1.82) is 0 Å². The molecule has 0 spiro atoms. The molecule has 0 aliphatic carbocycles. The fourth-order valence-corrected chi connectivity index (χ4v) is 3.52. The van der Waals surface area contributed by atoms with Crippen molar-refractivity contribution in [3.63, 3.8) is 0 Å². The van der Waals surface area contributed by atoms with Crippen LogP contribution in [0.5, 0.6) is 0 Å². The van der Waals surface area contributed by atoms with Crippen LogP contribution in [-0.4, -0.2) is 48.6 Å². The monoisotopic (exact) mass is 298 g/mol. The number of anilines is 1. The molecule has 1 aromatic rings. The molecule has 2 N–H and O–H groups in total. The highest BCUT2D eigenvalue weighted by Crippen LogP contribution is 2.16. The summed E-state index contributed by atoms with van der Waals surface area (Å²) < 4.78 is 22.7. The molecule has 1 aliphatic heterocycles. The maximum atomic E-state index is 11.5. The van der Waals surface area contributed by atoms with Gasteiger partial charge in [-0.25, -0.2) is 8.42 Å². The van der Waals surface area contributed by atoms with Crippen LogP contribution in [0.1, 0.15) is 30.3 Å². The Kier molecular flexibility index (Phi) is 4.53. The third-order valence-electron chi connectivity index (χ3n) is 3.14. The molecule has 20 heavy (non-hydrogen) atoms. The highest BCUT2D eigenvalue weighted by Gasteiger charge is 2.23. The second kappa shape index (κ2) is 6.17. The van der Waals surface area contributed by atoms with Crippen molar-refractivity contribution in [2.75, 3.05) is 23.4 Å². The van der Waals surface area contributed by atoms with Gasteiger partial charge >= 0.3 is 0 Å². The van der Waals surface area contributed by atoms with Crippen molar-refractivity contribution in [3.8, 4) is 0 Å². The fraction of sp³-hybridized carbons (Fsp3) is 0.583. The van der Waals surface area contributed by atoms with E-state index in [-0.39, 0.29) is 29.1 Å². The molecule has 110 valence electrons. The first-order valence-electron chi connectivity index (χ1n) is 6.59. The molecule has 8 heteroatoms. The summed E-state index contributed by atoms with van der Waals surface area (Å²) in [5.74, 6) is 0.710. The molecule has 0 radical (unpaired) electrons. The maximum absolute atomic E-state index is 11.5. The van der Waals surface area contributed by atoms with Gasteiger partial charge in [-0.1, -0.05) is 0 Å². The van der Waals surface area contributed by atoms with Gasteiger partial charge in [0.15, 0.2) is 5.69 Å². The first-order valence-corrected chi connectivity index (χ1v) is 8.41. The summed E-state index contributed by atoms with van der Waals surface area (Å²) in [6.07, 6.45) is 1.14. The van der Waals surface area contributed by atoms with E-state index in [1.54, 1.807) is 12.1 Å². The SMILES string of the molecule is CCNC(=O)c1ccc(NC2CCS(=O)(=O)CC2)nn1. The van der Waals surface area contributed by atoms with Gasteiger partial charge in [0.2, 0.25) is 0 Å². The Balaban J connectivity index is 1.93. The summed E-state index contributed by atoms with van der Waals surface area (Å²) in [4.78, 5) is 11.5. The molecule has 0 aromatic carbocycles. The minimum atomic E-state index is -2.86. The van der Waals surface area contributed by atoms with E-state index in [0.717, 1.165) is 0 Å². The minimum Gasteiger partial charge on any atom is -0.366 e. The molecule has 2 heterocycles. The first kappa shape index (κ1) is 14.7. The number of nitrogens with one attached hydrogen (secondary N) is 2. The molecule has 1 amide bonds. The predicted molar refractivity (Wildman–Crippen MR) is 75.3 cm³/mol. The standard InChI is InChI=1S/C12H18N4O3S/c1-2-13-12(17)10-3-4-11(16-15-10)14-9-5-7-20(18,19)8-6-9/h3-4,9H,2,5-8H2,1H3,(H,13,17)(H,14,16). The second-order valence-corrected chi connectivity index (χ2v) is 7.04. The number of rotatable bonds is 4. The van der Waals surface area contributed by atoms with Gasteiger partial charge in [-0.15, -0.1) is 10.2 Å². The lowest BCUT2D eigenvalue weighted by Gasteiger charge is -2.23. The summed E-state index contributed by atoms with van der Waals surface area (Å²) in [5.41, 5.74) is 0.267. The van der Waals surface area contributed by atoms with E-state index in [1.165, 1.54) is 0 Å². The van der Waals surface area contributed by atoms with Crippen LogP contribution in [-0.2, 0) is 9.84 Å². The molecular formula is C12H18N4O3S. The molecule has 1 saturated heterocycles. The minimum absolute atomic E-state index is 0.0862. The Morgan fingerprint density at radius 3 is 2.55 bits per heavy atom. The summed E-state index contributed by atoms with van der Waals surface area (Å²) in [6, 6.07) is 3.36. The average Bonchev–Trinajstić information content (AvgIpc) is 2.42. The fourth-order valence-electron chi connectivity index (χ4n) is 2.02. The van der Waals surface area contributed by atoms with Gasteiger partial charge in [-0.2, -0.15) is 0 Å². The molecule has 0 saturated carbocycles. The third-order valence-corrected chi connectivity index (χ3v) is 4.86. The number of sulfone groups is 1. The largest absolute Gasteiger partial charge is 0.366 e. The van der Waals surface area contributed by atoms with Crippen LogP contribution in [0.15, 0.2) is 12.1 Å². The zero-order valence-corrected chi connectivity index (χ0v) is 12.1. The first-order chi connectivity index (χ1) is 9.50. The summed E-state index contributed by atoms with van der Waals surface area (Å²) in [5, 5.41) is 13.6. The van der Waals surface area contributed by atoms with Crippen molar-refractivity contribution in [2.45, 2.75) is 25.8 Å². The predicted octanol–water partition coefficient (Wildman–Crippen LogP) is 0.215. The number of hydrogen-bond acceptors (Lipinski definition) is 6. The molecule has 0 bridgehead atoms. The van der Waals surface area contributed by atoms with Crippen molar-refractivity contribution in [3.05, 3.63) is 17.8 Å². The quantitative estimate of drug-likeness (QED) is 0.824. The summed E-state index contributed by atoms with van der Waals surface area (Å²) >= 11 is 0. The Morgan fingerprint density at radius 1 is 1.30 bits per heavy atom. The van der Waals surface area contributed by atoms with Crippen LogP contribution >= 0.6 is 0 Å². The summed E-state index contributed by atoms with van der Waals surface area (Å²) in [7, 11) is -2.86. The smallest absolute Gasteiger partial charge is 0.271 e. The lowest BCUT2D eigenvalue weighted by atomic mass is 10.1. The topological polar surface area (TPSA) is 101 Å². The van der Waals surface area contributed by atoms with E-state index in [4.69, 9.17) is 0 Å². The molecular weight excluding hydrogens is 280 g/mol. The van der Waals surface area contributed by atoms with Gasteiger partial charge in [0.05, 0.1) is 11.5 Å². The van der Waals surface area contributed by atoms with Gasteiger partial charge in [-0.3, -0.25) is 4.79 Å². The van der Waals surface area contributed by atoms with Crippen molar-refractivity contribution in [1.82, 2.24) is 15.5 Å². The number of carbonyl (C=O) groups excluding carboxylic acids is 1. The van der Waals surface area contributed by atoms with Crippen molar-refractivity contribution in [2.24, 2.45) is 0 Å². The van der Waals surface area contributed by atoms with Crippen molar-refractivity contribution >= 4 is 21.6 Å². The maximum Gasteiger partial charge on any atom is 0.271 e. The number of aromatic nitrogens is 2. The molecule has 0 unspecified atom stereocenters. The van der Waals surface area contributed by atoms with Crippen LogP contribution < -0.4 is 10.6 Å². The van der Waals surface area contributed by atoms with Crippen LogP contribution in [0.3, 0.4) is 0 Å². The van der Waals surface area contributed by atoms with Crippen molar-refractivity contribution < 1.29 is 13.2 Å². The van der Waals surface area contributed by atoms with Crippen LogP contribution in [0.25, 0.3) is 0 Å². The number of hydrogen-bond donors (Lipinski definition) is 2. The van der Waals surface area contributed by atoms with Crippen LogP contribution in [0.2, 0.25) is 0 Å². The van der Waals surface area contributed by atoms with E-state index >= 15 is 0 Å². The highest BCUT2D eigenvalue weighted by molar-refractivity contribution is 7.91. The molecule has 7 nitrogen and oxygen atoms in total. The third kappa shape index (κ3) is 3.89. The van der Waals surface area contributed by atoms with E-state index in [1.807, 2.05) is 6.92 Å². The normalized spacial score (nSPS) is 18.4. The molecule has 2 rings (SSSR count). The number of nitrogens with zero attached hydrogens (tertiary/aromatic N) is 2. The number of amides is 1. The Morgan fingerprint density at radius 2 is 2.00 bits per heavy atom. The molecule has 1 aliphatic rings. The summed E-state index contributed by atoms with van der Waals surface area (Å²) in [6.45, 7) is 2.37. The number of carbonyl (C=O) groups is 1. The lowest BCUT2D eigenvalue weighted by molar-refractivity contribution is 0.0950. The van der Waals surface area contributed by atoms with Gasteiger partial charge in [0.25, 0.3) is 5.91 Å². The van der Waals surface area contributed by atoms with Gasteiger partial charge in [0.1, 0.15) is 15.7 Å².